The predicted molar refractivity (Wildman–Crippen MR) is 122 cm³/mol. The van der Waals surface area contributed by atoms with Gasteiger partial charge in [0.1, 0.15) is 12.1 Å². The molecule has 0 saturated carbocycles. The predicted octanol–water partition coefficient (Wildman–Crippen LogP) is 3.17. The van der Waals surface area contributed by atoms with Crippen molar-refractivity contribution in [3.8, 4) is 0 Å². The molecule has 1 aliphatic heterocycles. The van der Waals surface area contributed by atoms with E-state index < -0.39 is 17.8 Å². The number of thiocarbonyl (C=S) groups is 1. The van der Waals surface area contributed by atoms with Gasteiger partial charge in [0.05, 0.1) is 5.69 Å². The van der Waals surface area contributed by atoms with Crippen molar-refractivity contribution in [2.24, 2.45) is 0 Å². The number of para-hydroxylation sites is 1. The minimum Gasteiger partial charge on any atom is -0.480 e. The number of hydrogen-bond donors (Lipinski definition) is 2. The number of carboxylic acids is 1. The third kappa shape index (κ3) is 3.62. The summed E-state index contributed by atoms with van der Waals surface area (Å²) in [7, 11) is 0. The minimum absolute atomic E-state index is 0.0224. The molecular formula is C23H19N3O4S. The molecule has 31 heavy (non-hydrogen) atoms. The quantitative estimate of drug-likeness (QED) is 0.375. The van der Waals surface area contributed by atoms with Gasteiger partial charge in [-0.1, -0.05) is 30.3 Å². The molecule has 0 spiro atoms. The number of benzene rings is 2. The van der Waals surface area contributed by atoms with Gasteiger partial charge in [-0.15, -0.1) is 0 Å². The number of nitrogens with one attached hydrogen (secondary N) is 1. The maximum Gasteiger partial charge on any atom is 0.323 e. The second-order valence-corrected chi connectivity index (χ2v) is 7.69. The Balaban J connectivity index is 1.83. The van der Waals surface area contributed by atoms with Crippen LogP contribution in [0.15, 0.2) is 54.2 Å². The topological polar surface area (TPSA) is 91.6 Å². The van der Waals surface area contributed by atoms with Crippen molar-refractivity contribution in [1.82, 2.24) is 9.88 Å². The van der Waals surface area contributed by atoms with Crippen molar-refractivity contribution >= 4 is 57.8 Å². The number of aromatic nitrogens is 1. The van der Waals surface area contributed by atoms with E-state index in [-0.39, 0.29) is 17.2 Å². The van der Waals surface area contributed by atoms with Crippen molar-refractivity contribution in [2.45, 2.75) is 20.4 Å². The lowest BCUT2D eigenvalue weighted by molar-refractivity contribution is -0.137. The fourth-order valence-corrected chi connectivity index (χ4v) is 3.95. The number of carboxylic acid groups (broad SMARTS) is 1. The number of rotatable bonds is 4. The number of anilines is 1. The normalized spacial score (nSPS) is 15.6. The Hall–Kier alpha value is -3.78. The summed E-state index contributed by atoms with van der Waals surface area (Å²) in [6, 6.07) is 12.8. The number of carbonyl (C=O) groups excluding carboxylic acids is 2. The van der Waals surface area contributed by atoms with Gasteiger partial charge in [-0.05, 0) is 55.4 Å². The Kier molecular flexibility index (Phi) is 5.16. The van der Waals surface area contributed by atoms with Crippen molar-refractivity contribution in [3.63, 3.8) is 0 Å². The molecule has 0 radical (unpaired) electrons. The summed E-state index contributed by atoms with van der Waals surface area (Å²) < 4.78 is 1.57. The lowest BCUT2D eigenvalue weighted by Gasteiger charge is -2.30. The summed E-state index contributed by atoms with van der Waals surface area (Å²) in [5, 5.41) is 12.6. The van der Waals surface area contributed by atoms with Crippen LogP contribution in [0.25, 0.3) is 17.0 Å². The third-order valence-electron chi connectivity index (χ3n) is 5.34. The molecule has 2 aromatic carbocycles. The number of hydrogen-bond acceptors (Lipinski definition) is 4. The lowest BCUT2D eigenvalue weighted by atomic mass is 10.0. The number of fused-ring (bicyclic) bond motifs is 1. The summed E-state index contributed by atoms with van der Waals surface area (Å²) >= 11 is 5.29. The van der Waals surface area contributed by atoms with Crippen LogP contribution in [0.2, 0.25) is 0 Å². The molecule has 3 aromatic rings. The molecule has 0 atom stereocenters. The lowest BCUT2D eigenvalue weighted by Crippen LogP contribution is -2.54. The SMILES string of the molecule is Cc1cccc(N2C(=O)/C(=C/c3cn(CC(=O)O)c4ccccc34)C(=O)NC2=S)c1C. The first-order valence-corrected chi connectivity index (χ1v) is 9.96. The first-order valence-electron chi connectivity index (χ1n) is 9.55. The van der Waals surface area contributed by atoms with E-state index in [0.29, 0.717) is 16.8 Å². The molecule has 156 valence electrons. The van der Waals surface area contributed by atoms with Crippen LogP contribution in [0.1, 0.15) is 16.7 Å². The fraction of sp³-hybridized carbons (Fsp3) is 0.130. The van der Waals surface area contributed by atoms with E-state index in [9.17, 15) is 19.5 Å². The van der Waals surface area contributed by atoms with Gasteiger partial charge >= 0.3 is 5.97 Å². The van der Waals surface area contributed by atoms with Gasteiger partial charge in [-0.25, -0.2) is 0 Å². The zero-order chi connectivity index (χ0) is 22.3. The van der Waals surface area contributed by atoms with Crippen molar-refractivity contribution < 1.29 is 19.5 Å². The molecule has 2 amide bonds. The molecule has 0 unspecified atom stereocenters. The van der Waals surface area contributed by atoms with Crippen LogP contribution in [0.5, 0.6) is 0 Å². The van der Waals surface area contributed by atoms with E-state index in [1.165, 1.54) is 11.0 Å². The molecule has 1 fully saturated rings. The number of nitrogens with zero attached hydrogens (tertiary/aromatic N) is 2. The second kappa shape index (κ2) is 7.81. The van der Waals surface area contributed by atoms with E-state index in [4.69, 9.17) is 12.2 Å². The van der Waals surface area contributed by atoms with Gasteiger partial charge < -0.3 is 9.67 Å². The molecule has 2 N–H and O–H groups in total. The Morgan fingerprint density at radius 2 is 1.87 bits per heavy atom. The number of carbonyl (C=O) groups is 3. The van der Waals surface area contributed by atoms with Crippen molar-refractivity contribution in [3.05, 3.63) is 70.9 Å². The zero-order valence-corrected chi connectivity index (χ0v) is 17.7. The summed E-state index contributed by atoms with van der Waals surface area (Å²) in [5.74, 6) is -2.11. The van der Waals surface area contributed by atoms with Crippen LogP contribution < -0.4 is 10.2 Å². The molecule has 8 heteroatoms. The molecular weight excluding hydrogens is 414 g/mol. The summed E-state index contributed by atoms with van der Waals surface area (Å²) in [6.07, 6.45) is 3.11. The Bertz CT molecular complexity index is 1310. The first kappa shape index (κ1) is 20.5. The first-order chi connectivity index (χ1) is 14.8. The standard InChI is InChI=1S/C23H19N3O4S/c1-13-6-5-9-18(14(13)2)26-22(30)17(21(29)24-23(26)31)10-15-11-25(12-20(27)28)19-8-4-3-7-16(15)19/h3-11H,12H2,1-2H3,(H,27,28)(H,24,29,31)/b17-10+. The molecule has 0 aliphatic carbocycles. The Morgan fingerprint density at radius 1 is 1.13 bits per heavy atom. The van der Waals surface area contributed by atoms with E-state index in [1.54, 1.807) is 29.0 Å². The van der Waals surface area contributed by atoms with Crippen LogP contribution >= 0.6 is 12.2 Å². The highest BCUT2D eigenvalue weighted by Crippen LogP contribution is 2.29. The summed E-state index contributed by atoms with van der Waals surface area (Å²) in [6.45, 7) is 3.59. The van der Waals surface area contributed by atoms with Crippen LogP contribution in [0, 0.1) is 13.8 Å². The number of aryl methyl sites for hydroxylation is 1. The van der Waals surface area contributed by atoms with Crippen LogP contribution in [0.4, 0.5) is 5.69 Å². The largest absolute Gasteiger partial charge is 0.480 e. The van der Waals surface area contributed by atoms with Crippen LogP contribution in [-0.4, -0.2) is 32.6 Å². The van der Waals surface area contributed by atoms with Crippen molar-refractivity contribution in [2.75, 3.05) is 4.90 Å². The van der Waals surface area contributed by atoms with E-state index in [1.807, 2.05) is 38.1 Å². The molecule has 2 heterocycles. The maximum absolute atomic E-state index is 13.3. The molecule has 1 aromatic heterocycles. The van der Waals surface area contributed by atoms with E-state index in [2.05, 4.69) is 5.32 Å². The highest BCUT2D eigenvalue weighted by Gasteiger charge is 2.35. The molecule has 1 aliphatic rings. The maximum atomic E-state index is 13.3. The van der Waals surface area contributed by atoms with E-state index >= 15 is 0 Å². The molecule has 4 rings (SSSR count). The monoisotopic (exact) mass is 433 g/mol. The highest BCUT2D eigenvalue weighted by atomic mass is 32.1. The van der Waals surface area contributed by atoms with Gasteiger partial charge in [-0.3, -0.25) is 24.6 Å². The van der Waals surface area contributed by atoms with E-state index in [0.717, 1.165) is 16.5 Å². The molecule has 1 saturated heterocycles. The van der Waals surface area contributed by atoms with Crippen LogP contribution in [0.3, 0.4) is 0 Å². The van der Waals surface area contributed by atoms with Gasteiger partial charge in [0.2, 0.25) is 0 Å². The average molecular weight is 433 g/mol. The Labute approximate surface area is 183 Å². The number of aliphatic carboxylic acids is 1. The van der Waals surface area contributed by atoms with Crippen molar-refractivity contribution in [1.29, 1.82) is 0 Å². The third-order valence-corrected chi connectivity index (χ3v) is 5.63. The number of amides is 2. The van der Waals surface area contributed by atoms with Gasteiger partial charge in [0, 0.05) is 22.7 Å². The summed E-state index contributed by atoms with van der Waals surface area (Å²) in [4.78, 5) is 38.6. The second-order valence-electron chi connectivity index (χ2n) is 7.30. The zero-order valence-electron chi connectivity index (χ0n) is 16.9. The van der Waals surface area contributed by atoms with Crippen LogP contribution in [-0.2, 0) is 20.9 Å². The molecule has 7 nitrogen and oxygen atoms in total. The van der Waals surface area contributed by atoms with Gasteiger partial charge in [0.15, 0.2) is 5.11 Å². The summed E-state index contributed by atoms with van der Waals surface area (Å²) in [5.41, 5.74) is 3.67. The Morgan fingerprint density at radius 3 is 2.61 bits per heavy atom. The smallest absolute Gasteiger partial charge is 0.323 e. The highest BCUT2D eigenvalue weighted by molar-refractivity contribution is 7.80. The average Bonchev–Trinajstić information content (AvgIpc) is 3.05. The van der Waals surface area contributed by atoms with Gasteiger partial charge in [0.25, 0.3) is 11.8 Å². The minimum atomic E-state index is -0.988. The molecule has 0 bridgehead atoms. The van der Waals surface area contributed by atoms with Gasteiger partial charge in [-0.2, -0.15) is 0 Å². The fourth-order valence-electron chi connectivity index (χ4n) is 3.68.